The highest BCUT2D eigenvalue weighted by Crippen LogP contribution is 2.44. The highest BCUT2D eigenvalue weighted by molar-refractivity contribution is 7.22. The average Bonchev–Trinajstić information content (AvgIpc) is 3.55. The van der Waals surface area contributed by atoms with E-state index in [1.165, 1.54) is 61.9 Å². The van der Waals surface area contributed by atoms with Crippen molar-refractivity contribution < 1.29 is 0 Å². The highest BCUT2D eigenvalue weighted by atomic mass is 32.1. The molecule has 6 rings (SSSR count). The van der Waals surface area contributed by atoms with Gasteiger partial charge >= 0.3 is 0 Å². The predicted molar refractivity (Wildman–Crippen MR) is 146 cm³/mol. The third kappa shape index (κ3) is 3.36. The van der Waals surface area contributed by atoms with Gasteiger partial charge in [0.15, 0.2) is 0 Å². The predicted octanol–water partition coefficient (Wildman–Crippen LogP) is 10.2. The third-order valence-electron chi connectivity index (χ3n) is 5.54. The molecule has 0 atom stereocenters. The summed E-state index contributed by atoms with van der Waals surface area (Å²) in [6.07, 6.45) is 2.41. The van der Waals surface area contributed by atoms with Crippen LogP contribution < -0.4 is 0 Å². The van der Waals surface area contributed by atoms with Crippen LogP contribution >= 0.6 is 56.7 Å². The number of fused-ring (bicyclic) bond motifs is 3. The van der Waals surface area contributed by atoms with E-state index in [-0.39, 0.29) is 0 Å². The van der Waals surface area contributed by atoms with Crippen molar-refractivity contribution in [2.75, 3.05) is 0 Å². The van der Waals surface area contributed by atoms with Crippen molar-refractivity contribution in [1.82, 2.24) is 0 Å². The molecule has 0 aliphatic heterocycles. The molecule has 6 aromatic rings. The largest absolute Gasteiger partial charge is 0.144 e. The molecule has 0 saturated carbocycles. The van der Waals surface area contributed by atoms with E-state index < -0.39 is 0 Å². The van der Waals surface area contributed by atoms with Gasteiger partial charge in [0.05, 0.1) is 0 Å². The van der Waals surface area contributed by atoms with Crippen molar-refractivity contribution in [1.29, 1.82) is 0 Å². The molecule has 0 fully saturated rings. The van der Waals surface area contributed by atoms with E-state index in [1.807, 2.05) is 56.7 Å². The molecular weight excluding hydrogens is 473 g/mol. The minimum atomic E-state index is 1.32. The van der Waals surface area contributed by atoms with Gasteiger partial charge < -0.3 is 0 Å². The molecule has 5 aromatic heterocycles. The molecule has 31 heavy (non-hydrogen) atoms. The van der Waals surface area contributed by atoms with Gasteiger partial charge in [0.1, 0.15) is 0 Å². The van der Waals surface area contributed by atoms with E-state index in [1.54, 1.807) is 0 Å². The molecule has 5 heteroatoms. The maximum atomic E-state index is 2.41. The van der Waals surface area contributed by atoms with E-state index >= 15 is 0 Å². The van der Waals surface area contributed by atoms with Crippen LogP contribution in [-0.4, -0.2) is 0 Å². The van der Waals surface area contributed by atoms with E-state index in [9.17, 15) is 0 Å². The van der Waals surface area contributed by atoms with Crippen LogP contribution in [0.15, 0.2) is 64.0 Å². The fourth-order valence-electron chi connectivity index (χ4n) is 4.03. The van der Waals surface area contributed by atoms with Crippen molar-refractivity contribution in [2.24, 2.45) is 0 Å². The molecule has 5 heterocycles. The van der Waals surface area contributed by atoms with Crippen LogP contribution in [0.4, 0.5) is 0 Å². The molecule has 0 aliphatic carbocycles. The molecule has 0 bridgehead atoms. The molecule has 0 spiro atoms. The maximum absolute atomic E-state index is 2.41. The van der Waals surface area contributed by atoms with Crippen LogP contribution in [0.25, 0.3) is 42.3 Å². The first-order valence-corrected chi connectivity index (χ1v) is 14.3. The van der Waals surface area contributed by atoms with Gasteiger partial charge in [-0.1, -0.05) is 6.07 Å². The molecular formula is C26H18S5. The lowest BCUT2D eigenvalue weighted by Crippen LogP contribution is -1.86. The molecule has 0 amide bonds. The van der Waals surface area contributed by atoms with Gasteiger partial charge in [-0.05, 0) is 89.0 Å². The summed E-state index contributed by atoms with van der Waals surface area (Å²) in [5, 5.41) is 11.5. The van der Waals surface area contributed by atoms with Crippen LogP contribution in [0, 0.1) is 13.8 Å². The molecule has 1 aromatic carbocycles. The SMILES string of the molecule is Cc1ccsc1C(=Cc1cc2c(cc(-c3cccs3)c3sccc32)s1)c1sccc1C. The smallest absolute Gasteiger partial charge is 0.0436 e. The van der Waals surface area contributed by atoms with Gasteiger partial charge in [-0.2, -0.15) is 0 Å². The summed E-state index contributed by atoms with van der Waals surface area (Å²) in [5.74, 6) is 0. The zero-order chi connectivity index (χ0) is 20.9. The summed E-state index contributed by atoms with van der Waals surface area (Å²) >= 11 is 9.26. The van der Waals surface area contributed by atoms with Crippen molar-refractivity contribution in [3.8, 4) is 10.4 Å². The van der Waals surface area contributed by atoms with Crippen molar-refractivity contribution in [3.05, 3.63) is 89.7 Å². The lowest BCUT2D eigenvalue weighted by molar-refractivity contribution is 1.49. The molecule has 0 aliphatic rings. The minimum absolute atomic E-state index is 1.32. The van der Waals surface area contributed by atoms with Crippen LogP contribution in [0.2, 0.25) is 0 Å². The Labute approximate surface area is 201 Å². The average molecular weight is 491 g/mol. The Morgan fingerprint density at radius 3 is 2.13 bits per heavy atom. The van der Waals surface area contributed by atoms with Crippen LogP contribution in [0.5, 0.6) is 0 Å². The number of aryl methyl sites for hydroxylation is 2. The first kappa shape index (κ1) is 19.6. The van der Waals surface area contributed by atoms with Gasteiger partial charge in [-0.15, -0.1) is 56.7 Å². The molecule has 0 nitrogen and oxygen atoms in total. The standard InChI is InChI=1S/C26H18S5/c1-15-5-9-28-24(15)21(25-16(2)6-10-29-25)13-17-12-19-18-7-11-30-26(18)20(14-23(19)31-17)22-4-3-8-27-22/h3-14H,1-2H3. The number of hydrogen-bond donors (Lipinski definition) is 0. The summed E-state index contributed by atoms with van der Waals surface area (Å²) in [6, 6.07) is 15.9. The third-order valence-corrected chi connectivity index (χ3v) is 10.5. The van der Waals surface area contributed by atoms with Crippen LogP contribution in [0.1, 0.15) is 25.8 Å². The summed E-state index contributed by atoms with van der Waals surface area (Å²) in [7, 11) is 0. The minimum Gasteiger partial charge on any atom is -0.144 e. The summed E-state index contributed by atoms with van der Waals surface area (Å²) < 4.78 is 2.76. The van der Waals surface area contributed by atoms with Crippen LogP contribution in [0.3, 0.4) is 0 Å². The fourth-order valence-corrected chi connectivity index (χ4v) is 8.81. The molecule has 0 saturated heterocycles. The second kappa shape index (κ2) is 7.84. The Kier molecular flexibility index (Phi) is 4.97. The summed E-state index contributed by atoms with van der Waals surface area (Å²) in [5.41, 5.74) is 5.43. The van der Waals surface area contributed by atoms with Gasteiger partial charge in [0.2, 0.25) is 0 Å². The number of hydrogen-bond acceptors (Lipinski definition) is 5. The quantitative estimate of drug-likeness (QED) is 0.230. The number of rotatable bonds is 4. The Bertz CT molecular complexity index is 1500. The summed E-state index contributed by atoms with van der Waals surface area (Å²) in [6.45, 7) is 4.44. The Hall–Kier alpha value is -2.02. The van der Waals surface area contributed by atoms with Crippen molar-refractivity contribution >= 4 is 88.5 Å². The van der Waals surface area contributed by atoms with Gasteiger partial charge in [0, 0.05) is 50.8 Å². The maximum Gasteiger partial charge on any atom is 0.0436 e. The normalized spacial score (nSPS) is 11.5. The highest BCUT2D eigenvalue weighted by Gasteiger charge is 2.16. The monoisotopic (exact) mass is 490 g/mol. The van der Waals surface area contributed by atoms with E-state index in [0.29, 0.717) is 0 Å². The molecule has 0 radical (unpaired) electrons. The Morgan fingerprint density at radius 1 is 0.742 bits per heavy atom. The molecule has 0 unspecified atom stereocenters. The lowest BCUT2D eigenvalue weighted by Gasteiger charge is -2.06. The fraction of sp³-hybridized carbons (Fsp3) is 0.0769. The lowest BCUT2D eigenvalue weighted by atomic mass is 10.0. The van der Waals surface area contributed by atoms with E-state index in [4.69, 9.17) is 0 Å². The Balaban J connectivity index is 1.58. The molecule has 152 valence electrons. The Morgan fingerprint density at radius 2 is 1.48 bits per heavy atom. The van der Waals surface area contributed by atoms with Gasteiger partial charge in [-0.25, -0.2) is 0 Å². The first-order valence-electron chi connectivity index (χ1n) is 9.97. The van der Waals surface area contributed by atoms with Crippen LogP contribution in [-0.2, 0) is 0 Å². The van der Waals surface area contributed by atoms with Gasteiger partial charge in [-0.3, -0.25) is 0 Å². The van der Waals surface area contributed by atoms with E-state index in [0.717, 1.165) is 0 Å². The number of thiophene rings is 5. The second-order valence-electron chi connectivity index (χ2n) is 7.55. The van der Waals surface area contributed by atoms with Crippen molar-refractivity contribution in [3.63, 3.8) is 0 Å². The first-order chi connectivity index (χ1) is 15.2. The van der Waals surface area contributed by atoms with E-state index in [2.05, 4.69) is 83.9 Å². The topological polar surface area (TPSA) is 0 Å². The number of benzene rings is 1. The zero-order valence-corrected chi connectivity index (χ0v) is 21.1. The molecule has 0 N–H and O–H groups in total. The second-order valence-corrected chi connectivity index (χ2v) is 12.4. The van der Waals surface area contributed by atoms with Gasteiger partial charge in [0.25, 0.3) is 0 Å². The zero-order valence-electron chi connectivity index (χ0n) is 17.0. The van der Waals surface area contributed by atoms with Crippen molar-refractivity contribution in [2.45, 2.75) is 13.8 Å². The summed E-state index contributed by atoms with van der Waals surface area (Å²) in [4.78, 5) is 5.43.